The lowest BCUT2D eigenvalue weighted by atomic mass is 10.2. The molecular weight excluding hydrogens is 298 g/mol. The fourth-order valence-electron chi connectivity index (χ4n) is 2.85. The maximum absolute atomic E-state index is 12.7. The molecule has 2 atom stereocenters. The fraction of sp³-hybridized carbons (Fsp3) is 0.467. The number of carbonyl (C=O) groups excluding carboxylic acids is 1. The second-order valence-corrected chi connectivity index (χ2v) is 5.70. The number of carbonyl (C=O) groups is 1. The Morgan fingerprint density at radius 3 is 3.00 bits per heavy atom. The first kappa shape index (κ1) is 15.4. The third kappa shape index (κ3) is 3.16. The second kappa shape index (κ2) is 6.33. The Balaban J connectivity index is 1.80. The summed E-state index contributed by atoms with van der Waals surface area (Å²) in [5, 5.41) is 6.66. The Hall–Kier alpha value is -2.48. The summed E-state index contributed by atoms with van der Waals surface area (Å²) >= 11 is 0. The van der Waals surface area contributed by atoms with E-state index in [-0.39, 0.29) is 30.2 Å². The van der Waals surface area contributed by atoms with Gasteiger partial charge in [0.1, 0.15) is 18.7 Å². The molecule has 0 unspecified atom stereocenters. The van der Waals surface area contributed by atoms with Crippen molar-refractivity contribution < 1.29 is 9.53 Å². The Labute approximate surface area is 133 Å². The quantitative estimate of drug-likeness (QED) is 0.873. The maximum Gasteiger partial charge on any atom is 0.251 e. The molecule has 1 fully saturated rings. The van der Waals surface area contributed by atoms with Crippen LogP contribution in [0.4, 0.5) is 0 Å². The van der Waals surface area contributed by atoms with E-state index in [2.05, 4.69) is 15.2 Å². The predicted molar refractivity (Wildman–Crippen MR) is 81.7 cm³/mol. The van der Waals surface area contributed by atoms with Gasteiger partial charge in [-0.1, -0.05) is 0 Å². The molecule has 2 aromatic heterocycles. The maximum atomic E-state index is 12.7. The van der Waals surface area contributed by atoms with Crippen LogP contribution in [0.25, 0.3) is 0 Å². The zero-order valence-electron chi connectivity index (χ0n) is 13.1. The molecule has 1 amide bonds. The smallest absolute Gasteiger partial charge is 0.251 e. The van der Waals surface area contributed by atoms with E-state index in [1.165, 1.54) is 17.0 Å². The Kier molecular flexibility index (Phi) is 4.24. The van der Waals surface area contributed by atoms with E-state index in [1.54, 1.807) is 18.2 Å². The summed E-state index contributed by atoms with van der Waals surface area (Å²) in [6.07, 6.45) is 3.66. The minimum atomic E-state index is -0.212. The van der Waals surface area contributed by atoms with Crippen molar-refractivity contribution in [2.45, 2.75) is 32.0 Å². The average molecular weight is 317 g/mol. The lowest BCUT2D eigenvalue weighted by Gasteiger charge is -2.23. The number of ether oxygens (including phenoxy) is 1. The molecular formula is C15H19N5O3. The van der Waals surface area contributed by atoms with Gasteiger partial charge in [-0.2, -0.15) is 5.10 Å². The minimum absolute atomic E-state index is 0.000183. The highest BCUT2D eigenvalue weighted by molar-refractivity contribution is 5.76. The van der Waals surface area contributed by atoms with Crippen LogP contribution in [0.5, 0.6) is 0 Å². The molecule has 1 aliphatic heterocycles. The summed E-state index contributed by atoms with van der Waals surface area (Å²) < 4.78 is 6.79. The SMILES string of the molecule is CO[C@@H]1C[C@@H](c2ncn[nH]2)N(C(=O)Cn2ccc(C)cc2=O)C1. The molecule has 1 aliphatic rings. The zero-order chi connectivity index (χ0) is 16.4. The molecule has 0 aliphatic carbocycles. The van der Waals surface area contributed by atoms with Gasteiger partial charge in [0, 0.05) is 32.3 Å². The summed E-state index contributed by atoms with van der Waals surface area (Å²) in [5.74, 6) is 0.492. The number of likely N-dealkylation sites (tertiary alicyclic amines) is 1. The molecule has 3 heterocycles. The van der Waals surface area contributed by atoms with Gasteiger partial charge in [0.2, 0.25) is 5.91 Å². The Morgan fingerprint density at radius 2 is 2.35 bits per heavy atom. The second-order valence-electron chi connectivity index (χ2n) is 5.70. The van der Waals surface area contributed by atoms with Gasteiger partial charge in [-0.25, -0.2) is 4.98 Å². The number of aromatic amines is 1. The lowest BCUT2D eigenvalue weighted by molar-refractivity contribution is -0.133. The van der Waals surface area contributed by atoms with E-state index in [0.29, 0.717) is 18.8 Å². The minimum Gasteiger partial charge on any atom is -0.380 e. The van der Waals surface area contributed by atoms with E-state index in [1.807, 2.05) is 13.0 Å². The van der Waals surface area contributed by atoms with Crippen LogP contribution in [0.15, 0.2) is 29.5 Å². The highest BCUT2D eigenvalue weighted by Crippen LogP contribution is 2.31. The van der Waals surface area contributed by atoms with Crippen LogP contribution in [-0.2, 0) is 16.1 Å². The summed E-state index contributed by atoms with van der Waals surface area (Å²) in [6, 6.07) is 3.12. The number of pyridine rings is 1. The molecule has 8 nitrogen and oxygen atoms in total. The van der Waals surface area contributed by atoms with Crippen LogP contribution >= 0.6 is 0 Å². The van der Waals surface area contributed by atoms with Crippen LogP contribution in [0, 0.1) is 6.92 Å². The monoisotopic (exact) mass is 317 g/mol. The molecule has 0 bridgehead atoms. The van der Waals surface area contributed by atoms with Crippen molar-refractivity contribution in [3.63, 3.8) is 0 Å². The van der Waals surface area contributed by atoms with Gasteiger partial charge in [-0.3, -0.25) is 14.7 Å². The molecule has 0 aromatic carbocycles. The van der Waals surface area contributed by atoms with E-state index >= 15 is 0 Å². The number of H-pyrrole nitrogens is 1. The number of amides is 1. The number of nitrogens with one attached hydrogen (secondary N) is 1. The molecule has 23 heavy (non-hydrogen) atoms. The van der Waals surface area contributed by atoms with Crippen LogP contribution in [0.2, 0.25) is 0 Å². The molecule has 122 valence electrons. The van der Waals surface area contributed by atoms with Gasteiger partial charge in [-0.05, 0) is 18.6 Å². The number of nitrogens with zero attached hydrogens (tertiary/aromatic N) is 4. The van der Waals surface area contributed by atoms with Crippen LogP contribution in [0.3, 0.4) is 0 Å². The molecule has 8 heteroatoms. The van der Waals surface area contributed by atoms with E-state index in [4.69, 9.17) is 4.74 Å². The van der Waals surface area contributed by atoms with Crippen molar-refractivity contribution in [3.05, 3.63) is 46.4 Å². The first-order chi connectivity index (χ1) is 11.1. The summed E-state index contributed by atoms with van der Waals surface area (Å²) in [5.41, 5.74) is 0.691. The first-order valence-electron chi connectivity index (χ1n) is 7.43. The van der Waals surface area contributed by atoms with Crippen molar-refractivity contribution in [2.75, 3.05) is 13.7 Å². The normalized spacial score (nSPS) is 20.9. The predicted octanol–water partition coefficient (Wildman–Crippen LogP) is 0.263. The first-order valence-corrected chi connectivity index (χ1v) is 7.43. The molecule has 3 rings (SSSR count). The van der Waals surface area contributed by atoms with Crippen molar-refractivity contribution in [1.29, 1.82) is 0 Å². The molecule has 2 aromatic rings. The van der Waals surface area contributed by atoms with Gasteiger partial charge >= 0.3 is 0 Å². The van der Waals surface area contributed by atoms with Gasteiger partial charge < -0.3 is 14.2 Å². The average Bonchev–Trinajstić information content (AvgIpc) is 3.18. The van der Waals surface area contributed by atoms with Crippen molar-refractivity contribution in [3.8, 4) is 0 Å². The number of hydrogen-bond donors (Lipinski definition) is 1. The summed E-state index contributed by atoms with van der Waals surface area (Å²) in [6.45, 7) is 2.32. The number of rotatable bonds is 4. The van der Waals surface area contributed by atoms with Gasteiger partial charge in [0.05, 0.1) is 12.1 Å². The van der Waals surface area contributed by atoms with Gasteiger partial charge in [-0.15, -0.1) is 0 Å². The summed E-state index contributed by atoms with van der Waals surface area (Å²) in [4.78, 5) is 30.5. The number of hydrogen-bond acceptors (Lipinski definition) is 5. The molecule has 0 spiro atoms. The molecule has 0 saturated carbocycles. The number of methoxy groups -OCH3 is 1. The molecule has 1 saturated heterocycles. The Morgan fingerprint density at radius 1 is 1.52 bits per heavy atom. The fourth-order valence-corrected chi connectivity index (χ4v) is 2.85. The largest absolute Gasteiger partial charge is 0.380 e. The molecule has 1 N–H and O–H groups in total. The number of aryl methyl sites for hydroxylation is 1. The lowest BCUT2D eigenvalue weighted by Crippen LogP contribution is -2.37. The highest BCUT2D eigenvalue weighted by atomic mass is 16.5. The van der Waals surface area contributed by atoms with Gasteiger partial charge in [0.25, 0.3) is 5.56 Å². The highest BCUT2D eigenvalue weighted by Gasteiger charge is 2.37. The number of aromatic nitrogens is 4. The van der Waals surface area contributed by atoms with Crippen LogP contribution in [-0.4, -0.2) is 50.3 Å². The topological polar surface area (TPSA) is 93.1 Å². The van der Waals surface area contributed by atoms with Crippen molar-refractivity contribution in [1.82, 2.24) is 24.6 Å². The van der Waals surface area contributed by atoms with E-state index in [0.717, 1.165) is 5.56 Å². The third-order valence-corrected chi connectivity index (χ3v) is 4.12. The zero-order valence-corrected chi connectivity index (χ0v) is 13.1. The van der Waals surface area contributed by atoms with Crippen LogP contribution in [0.1, 0.15) is 23.9 Å². The molecule has 0 radical (unpaired) electrons. The third-order valence-electron chi connectivity index (χ3n) is 4.12. The van der Waals surface area contributed by atoms with E-state index in [9.17, 15) is 9.59 Å². The van der Waals surface area contributed by atoms with Crippen LogP contribution < -0.4 is 5.56 Å². The van der Waals surface area contributed by atoms with Gasteiger partial charge in [0.15, 0.2) is 0 Å². The van der Waals surface area contributed by atoms with E-state index < -0.39 is 0 Å². The van der Waals surface area contributed by atoms with Crippen molar-refractivity contribution >= 4 is 5.91 Å². The Bertz CT molecular complexity index is 740. The van der Waals surface area contributed by atoms with Crippen molar-refractivity contribution in [2.24, 2.45) is 0 Å². The standard InChI is InChI=1S/C15H19N5O3/c1-10-3-4-19(13(21)5-10)8-14(22)20-7-11(23-2)6-12(20)15-16-9-17-18-15/h3-5,9,11-12H,6-8H2,1-2H3,(H,16,17,18)/t11-,12+/m1/s1. The summed E-state index contributed by atoms with van der Waals surface area (Å²) in [7, 11) is 1.63.